The van der Waals surface area contributed by atoms with E-state index >= 15 is 0 Å². The summed E-state index contributed by atoms with van der Waals surface area (Å²) in [5.41, 5.74) is 2.79. The number of carbonyl (C=O) groups excluding carboxylic acids is 2. The highest BCUT2D eigenvalue weighted by atomic mass is 35.5. The normalized spacial score (nSPS) is 17.4. The van der Waals surface area contributed by atoms with E-state index < -0.39 is 0 Å². The third-order valence-corrected chi connectivity index (χ3v) is 8.60. The fraction of sp³-hybridized carbons (Fsp3) is 0.379. The predicted molar refractivity (Wildman–Crippen MR) is 158 cm³/mol. The molecule has 3 unspecified atom stereocenters. The summed E-state index contributed by atoms with van der Waals surface area (Å²) in [4.78, 5) is 35.8. The van der Waals surface area contributed by atoms with Crippen LogP contribution in [0.1, 0.15) is 25.8 Å². The van der Waals surface area contributed by atoms with E-state index in [1.165, 1.54) is 11.8 Å². The predicted octanol–water partition coefficient (Wildman–Crippen LogP) is 5.54. The second kappa shape index (κ2) is 13.6. The summed E-state index contributed by atoms with van der Waals surface area (Å²) in [6.07, 6.45) is 5.00. The average Bonchev–Trinajstić information content (AvgIpc) is 3.38. The zero-order chi connectivity index (χ0) is 28.8. The molecule has 3 atom stereocenters. The molecule has 1 saturated heterocycles. The quantitative estimate of drug-likeness (QED) is 0.240. The van der Waals surface area contributed by atoms with E-state index in [2.05, 4.69) is 15.3 Å². The zero-order valence-corrected chi connectivity index (χ0v) is 25.1. The highest BCUT2D eigenvalue weighted by Gasteiger charge is 2.37. The molecule has 0 bridgehead atoms. The number of ether oxygens (including phenoxy) is 2. The van der Waals surface area contributed by atoms with Gasteiger partial charge >= 0.3 is 0 Å². The minimum Gasteiger partial charge on any atom is -0.493 e. The Morgan fingerprint density at radius 1 is 1.05 bits per heavy atom. The van der Waals surface area contributed by atoms with Crippen LogP contribution >= 0.6 is 35.0 Å². The lowest BCUT2D eigenvalue weighted by atomic mass is 9.95. The molecule has 1 fully saturated rings. The third-order valence-electron chi connectivity index (χ3n) is 6.99. The van der Waals surface area contributed by atoms with Crippen LogP contribution in [-0.2, 0) is 16.0 Å². The number of carbonyl (C=O) groups is 2. The molecule has 2 aromatic carbocycles. The lowest BCUT2D eigenvalue weighted by molar-refractivity contribution is -0.131. The van der Waals surface area contributed by atoms with Crippen LogP contribution in [0.3, 0.4) is 0 Å². The second-order valence-corrected chi connectivity index (χ2v) is 11.5. The van der Waals surface area contributed by atoms with Crippen LogP contribution in [-0.4, -0.2) is 65.3 Å². The molecule has 1 aliphatic heterocycles. The van der Waals surface area contributed by atoms with Crippen LogP contribution in [0, 0.1) is 5.92 Å². The molecule has 8 nitrogen and oxygen atoms in total. The molecule has 2 heterocycles. The standard InChI is InChI=1S/C29H32Cl2N4O4S/c1-17(25-11-20(15-35(25)18(2)36)9-19-5-7-23(30)24(31)10-19)34-28(37)16-40-29-32-13-22(14-33-29)21-6-8-26(38-3)27(12-21)39-4/h5-8,10,12-14,17,20,25H,9,11,15-16H2,1-4H3,(H,34,37). The first-order valence-corrected chi connectivity index (χ1v) is 14.6. The van der Waals surface area contributed by atoms with Crippen molar-refractivity contribution < 1.29 is 19.1 Å². The van der Waals surface area contributed by atoms with Gasteiger partial charge in [0.25, 0.3) is 0 Å². The number of aromatic nitrogens is 2. The zero-order valence-electron chi connectivity index (χ0n) is 22.8. The molecule has 0 spiro atoms. The van der Waals surface area contributed by atoms with E-state index in [-0.39, 0.29) is 35.6 Å². The topological polar surface area (TPSA) is 93.7 Å². The van der Waals surface area contributed by atoms with Crippen LogP contribution in [0.2, 0.25) is 10.0 Å². The number of nitrogens with zero attached hydrogens (tertiary/aromatic N) is 3. The SMILES string of the molecule is COc1ccc(-c2cnc(SCC(=O)NC(C)C3CC(Cc4ccc(Cl)c(Cl)c4)CN3C(C)=O)nc2)cc1OC. The average molecular weight is 604 g/mol. The van der Waals surface area contributed by atoms with E-state index in [0.29, 0.717) is 33.2 Å². The van der Waals surface area contributed by atoms with Crippen molar-refractivity contribution in [2.24, 2.45) is 5.92 Å². The van der Waals surface area contributed by atoms with Crippen LogP contribution < -0.4 is 14.8 Å². The molecule has 1 aliphatic rings. The maximum atomic E-state index is 12.8. The molecule has 212 valence electrons. The van der Waals surface area contributed by atoms with Gasteiger partial charge in [-0.25, -0.2) is 9.97 Å². The summed E-state index contributed by atoms with van der Waals surface area (Å²) in [6, 6.07) is 10.9. The monoisotopic (exact) mass is 602 g/mol. The molecular weight excluding hydrogens is 571 g/mol. The summed E-state index contributed by atoms with van der Waals surface area (Å²) in [5, 5.41) is 4.61. The number of benzene rings is 2. The highest BCUT2D eigenvalue weighted by Crippen LogP contribution is 2.33. The Hall–Kier alpha value is -3.01. The summed E-state index contributed by atoms with van der Waals surface area (Å²) >= 11 is 13.5. The van der Waals surface area contributed by atoms with Gasteiger partial charge in [-0.1, -0.05) is 47.1 Å². The van der Waals surface area contributed by atoms with Crippen molar-refractivity contribution in [3.63, 3.8) is 0 Å². The van der Waals surface area contributed by atoms with Crippen molar-refractivity contribution in [1.29, 1.82) is 0 Å². The first kappa shape index (κ1) is 30.0. The molecule has 4 rings (SSSR count). The van der Waals surface area contributed by atoms with E-state index in [1.54, 1.807) is 39.6 Å². The van der Waals surface area contributed by atoms with Crippen LogP contribution in [0.4, 0.5) is 0 Å². The third kappa shape index (κ3) is 7.38. The van der Waals surface area contributed by atoms with Crippen LogP contribution in [0.15, 0.2) is 53.9 Å². The van der Waals surface area contributed by atoms with Crippen LogP contribution in [0.25, 0.3) is 11.1 Å². The first-order valence-electron chi connectivity index (χ1n) is 12.9. The van der Waals surface area contributed by atoms with Gasteiger partial charge in [-0.3, -0.25) is 9.59 Å². The van der Waals surface area contributed by atoms with E-state index in [0.717, 1.165) is 29.5 Å². The molecule has 2 amide bonds. The largest absolute Gasteiger partial charge is 0.493 e. The number of hydrogen-bond acceptors (Lipinski definition) is 7. The van der Waals surface area contributed by atoms with Gasteiger partial charge < -0.3 is 19.7 Å². The number of hydrogen-bond donors (Lipinski definition) is 1. The lowest BCUT2D eigenvalue weighted by Gasteiger charge is -2.29. The molecule has 0 saturated carbocycles. The van der Waals surface area contributed by atoms with Crippen LogP contribution in [0.5, 0.6) is 11.5 Å². The summed E-state index contributed by atoms with van der Waals surface area (Å²) in [6.45, 7) is 4.15. The Labute approximate surface area is 248 Å². The molecule has 1 N–H and O–H groups in total. The summed E-state index contributed by atoms with van der Waals surface area (Å²) in [5.74, 6) is 1.56. The smallest absolute Gasteiger partial charge is 0.230 e. The van der Waals surface area contributed by atoms with Gasteiger partial charge in [0.2, 0.25) is 11.8 Å². The van der Waals surface area contributed by atoms with E-state index in [9.17, 15) is 9.59 Å². The van der Waals surface area contributed by atoms with E-state index in [1.807, 2.05) is 42.2 Å². The van der Waals surface area contributed by atoms with Gasteiger partial charge in [0.1, 0.15) is 0 Å². The first-order chi connectivity index (χ1) is 19.2. The number of halogens is 2. The molecule has 0 radical (unpaired) electrons. The van der Waals surface area contributed by atoms with Crippen molar-refractivity contribution in [2.45, 2.75) is 43.9 Å². The molecule has 11 heteroatoms. The van der Waals surface area contributed by atoms with Crippen molar-refractivity contribution in [1.82, 2.24) is 20.2 Å². The summed E-state index contributed by atoms with van der Waals surface area (Å²) in [7, 11) is 3.18. The van der Waals surface area contributed by atoms with Gasteiger partial charge in [0.15, 0.2) is 16.7 Å². The number of likely N-dealkylation sites (tertiary alicyclic amines) is 1. The van der Waals surface area contributed by atoms with Gasteiger partial charge in [-0.05, 0) is 61.1 Å². The van der Waals surface area contributed by atoms with Crippen molar-refractivity contribution in [3.8, 4) is 22.6 Å². The number of amides is 2. The van der Waals surface area contributed by atoms with Crippen molar-refractivity contribution in [2.75, 3.05) is 26.5 Å². The lowest BCUT2D eigenvalue weighted by Crippen LogP contribution is -2.49. The summed E-state index contributed by atoms with van der Waals surface area (Å²) < 4.78 is 10.7. The minimum absolute atomic E-state index is 0.0000761. The van der Waals surface area contributed by atoms with Crippen molar-refractivity contribution >= 4 is 46.8 Å². The second-order valence-electron chi connectivity index (χ2n) is 9.76. The van der Waals surface area contributed by atoms with Gasteiger partial charge in [-0.15, -0.1) is 0 Å². The Kier molecular flexibility index (Phi) is 10.2. The van der Waals surface area contributed by atoms with Gasteiger partial charge in [-0.2, -0.15) is 0 Å². The maximum absolute atomic E-state index is 12.8. The van der Waals surface area contributed by atoms with Gasteiger partial charge in [0.05, 0.1) is 36.1 Å². The Morgan fingerprint density at radius 3 is 2.42 bits per heavy atom. The van der Waals surface area contributed by atoms with Gasteiger partial charge in [0, 0.05) is 37.5 Å². The Bertz CT molecular complexity index is 1360. The number of methoxy groups -OCH3 is 2. The molecular formula is C29H32Cl2N4O4S. The minimum atomic E-state index is -0.204. The van der Waals surface area contributed by atoms with Crippen molar-refractivity contribution in [3.05, 3.63) is 64.4 Å². The maximum Gasteiger partial charge on any atom is 0.230 e. The molecule has 3 aromatic rings. The molecule has 0 aliphatic carbocycles. The number of rotatable bonds is 10. The Morgan fingerprint density at radius 2 is 1.77 bits per heavy atom. The molecule has 1 aromatic heterocycles. The fourth-order valence-corrected chi connectivity index (χ4v) is 5.94. The molecule has 40 heavy (non-hydrogen) atoms. The Balaban J connectivity index is 1.31. The fourth-order valence-electron chi connectivity index (χ4n) is 5.02. The number of thioether (sulfide) groups is 1. The highest BCUT2D eigenvalue weighted by molar-refractivity contribution is 7.99. The van der Waals surface area contributed by atoms with E-state index in [4.69, 9.17) is 32.7 Å². The number of nitrogens with one attached hydrogen (secondary N) is 1.